The van der Waals surface area contributed by atoms with Crippen molar-refractivity contribution >= 4 is 5.78 Å². The molecular weight excluding hydrogens is 160 g/mol. The van der Waals surface area contributed by atoms with E-state index < -0.39 is 0 Å². The summed E-state index contributed by atoms with van der Waals surface area (Å²) in [5.74, 6) is 3.04. The second-order valence-corrected chi connectivity index (χ2v) is 3.42. The molecular formula is C12H16O. The van der Waals surface area contributed by atoms with E-state index in [4.69, 9.17) is 6.42 Å². The van der Waals surface area contributed by atoms with Crippen LogP contribution in [0.3, 0.4) is 0 Å². The first-order valence-corrected chi connectivity index (χ1v) is 4.40. The zero-order valence-electron chi connectivity index (χ0n) is 8.50. The molecule has 1 heteroatoms. The van der Waals surface area contributed by atoms with E-state index >= 15 is 0 Å². The van der Waals surface area contributed by atoms with Crippen LogP contribution in [0.15, 0.2) is 23.8 Å². The number of terminal acetylenes is 1. The van der Waals surface area contributed by atoms with Gasteiger partial charge in [0.05, 0.1) is 0 Å². The van der Waals surface area contributed by atoms with Gasteiger partial charge in [0.1, 0.15) is 0 Å². The van der Waals surface area contributed by atoms with Crippen molar-refractivity contribution in [1.29, 1.82) is 0 Å². The maximum absolute atomic E-state index is 11.2. The average Bonchev–Trinajstić information content (AvgIpc) is 2.02. The molecule has 70 valence electrons. The van der Waals surface area contributed by atoms with E-state index in [9.17, 15) is 4.79 Å². The lowest BCUT2D eigenvalue weighted by Gasteiger charge is -1.97. The van der Waals surface area contributed by atoms with Crippen molar-refractivity contribution < 1.29 is 4.79 Å². The minimum atomic E-state index is 0.149. The zero-order chi connectivity index (χ0) is 10.3. The molecule has 0 spiro atoms. The van der Waals surface area contributed by atoms with Crippen molar-refractivity contribution in [2.75, 3.05) is 0 Å². The normalized spacial score (nSPS) is 12.1. The number of carbonyl (C=O) groups excluding carboxylic acids is 1. The maximum atomic E-state index is 11.2. The van der Waals surface area contributed by atoms with Crippen molar-refractivity contribution in [2.24, 2.45) is 5.92 Å². The third kappa shape index (κ3) is 7.08. The molecule has 0 heterocycles. The predicted octanol–water partition coefficient (Wildman–Crippen LogP) is 2.74. The smallest absolute Gasteiger partial charge is 0.155 e. The summed E-state index contributed by atoms with van der Waals surface area (Å²) in [7, 11) is 0. The van der Waals surface area contributed by atoms with Crippen LogP contribution in [0.5, 0.6) is 0 Å². The Kier molecular flexibility index (Phi) is 5.63. The fourth-order valence-electron chi connectivity index (χ4n) is 0.818. The summed E-state index contributed by atoms with van der Waals surface area (Å²) >= 11 is 0. The van der Waals surface area contributed by atoms with Crippen LogP contribution in [0.25, 0.3) is 0 Å². The molecule has 0 saturated carbocycles. The van der Waals surface area contributed by atoms with Gasteiger partial charge in [0.2, 0.25) is 0 Å². The van der Waals surface area contributed by atoms with Crippen molar-refractivity contribution in [3.63, 3.8) is 0 Å². The fourth-order valence-corrected chi connectivity index (χ4v) is 0.818. The fraction of sp³-hybridized carbons (Fsp3) is 0.417. The summed E-state index contributed by atoms with van der Waals surface area (Å²) in [5.41, 5.74) is 0.827. The van der Waals surface area contributed by atoms with Gasteiger partial charge in [0.15, 0.2) is 5.78 Å². The largest absolute Gasteiger partial charge is 0.295 e. The molecule has 0 aliphatic carbocycles. The van der Waals surface area contributed by atoms with E-state index in [2.05, 4.69) is 5.92 Å². The van der Waals surface area contributed by atoms with Gasteiger partial charge >= 0.3 is 0 Å². The van der Waals surface area contributed by atoms with Crippen molar-refractivity contribution in [3.05, 3.63) is 23.8 Å². The van der Waals surface area contributed by atoms with Crippen LogP contribution in [0.1, 0.15) is 27.2 Å². The van der Waals surface area contributed by atoms with Crippen molar-refractivity contribution in [1.82, 2.24) is 0 Å². The van der Waals surface area contributed by atoms with Gasteiger partial charge in [0.25, 0.3) is 0 Å². The number of ketones is 1. The quantitative estimate of drug-likeness (QED) is 0.365. The second kappa shape index (κ2) is 6.25. The molecule has 0 amide bonds. The van der Waals surface area contributed by atoms with Crippen LogP contribution in [0.2, 0.25) is 0 Å². The molecule has 0 atom stereocenters. The number of hydrogen-bond donors (Lipinski definition) is 0. The number of carbonyl (C=O) groups is 1. The van der Waals surface area contributed by atoms with E-state index in [0.29, 0.717) is 12.3 Å². The third-order valence-corrected chi connectivity index (χ3v) is 1.47. The van der Waals surface area contributed by atoms with Gasteiger partial charge in [-0.05, 0) is 24.5 Å². The molecule has 0 aromatic heterocycles. The Morgan fingerprint density at radius 3 is 2.62 bits per heavy atom. The van der Waals surface area contributed by atoms with Crippen LogP contribution in [0.4, 0.5) is 0 Å². The van der Waals surface area contributed by atoms with Crippen molar-refractivity contribution in [2.45, 2.75) is 27.2 Å². The van der Waals surface area contributed by atoms with Crippen LogP contribution < -0.4 is 0 Å². The maximum Gasteiger partial charge on any atom is 0.155 e. The first kappa shape index (κ1) is 11.7. The SMILES string of the molecule is C#C/C(C)=C/C=C/C(=O)CC(C)C. The van der Waals surface area contributed by atoms with E-state index in [-0.39, 0.29) is 5.78 Å². The highest BCUT2D eigenvalue weighted by molar-refractivity contribution is 5.89. The molecule has 0 radical (unpaired) electrons. The third-order valence-electron chi connectivity index (χ3n) is 1.47. The van der Waals surface area contributed by atoms with E-state index in [0.717, 1.165) is 5.57 Å². The lowest BCUT2D eigenvalue weighted by Crippen LogP contribution is -1.97. The molecule has 13 heavy (non-hydrogen) atoms. The standard InChI is InChI=1S/C12H16O/c1-5-11(4)7-6-8-12(13)9-10(2)3/h1,6-8,10H,9H2,2-4H3/b8-6+,11-7+. The Labute approximate surface area is 80.5 Å². The van der Waals surface area contributed by atoms with Crippen LogP contribution in [-0.2, 0) is 4.79 Å². The first-order valence-electron chi connectivity index (χ1n) is 4.40. The predicted molar refractivity (Wildman–Crippen MR) is 56.2 cm³/mol. The van der Waals surface area contributed by atoms with Crippen LogP contribution in [0, 0.1) is 18.3 Å². The summed E-state index contributed by atoms with van der Waals surface area (Å²) in [6.07, 6.45) is 10.8. The Balaban J connectivity index is 4.01. The lowest BCUT2D eigenvalue weighted by atomic mass is 10.1. The molecule has 0 aliphatic rings. The number of rotatable bonds is 4. The van der Waals surface area contributed by atoms with Gasteiger partial charge in [-0.2, -0.15) is 0 Å². The molecule has 0 N–H and O–H groups in total. The molecule has 0 aromatic carbocycles. The van der Waals surface area contributed by atoms with Gasteiger partial charge < -0.3 is 0 Å². The summed E-state index contributed by atoms with van der Waals surface area (Å²) in [6.45, 7) is 5.87. The highest BCUT2D eigenvalue weighted by Crippen LogP contribution is 2.01. The second-order valence-electron chi connectivity index (χ2n) is 3.42. The average molecular weight is 176 g/mol. The zero-order valence-corrected chi connectivity index (χ0v) is 8.50. The molecule has 0 saturated heterocycles. The van der Waals surface area contributed by atoms with E-state index in [1.54, 1.807) is 18.2 Å². The Morgan fingerprint density at radius 2 is 2.15 bits per heavy atom. The van der Waals surface area contributed by atoms with Crippen molar-refractivity contribution in [3.8, 4) is 12.3 Å². The molecule has 0 fully saturated rings. The minimum absolute atomic E-state index is 0.149. The topological polar surface area (TPSA) is 17.1 Å². The molecule has 0 aliphatic heterocycles. The molecule has 0 aromatic rings. The number of allylic oxidation sites excluding steroid dienone is 4. The Morgan fingerprint density at radius 1 is 1.54 bits per heavy atom. The molecule has 0 unspecified atom stereocenters. The summed E-state index contributed by atoms with van der Waals surface area (Å²) in [6, 6.07) is 0. The van der Waals surface area contributed by atoms with Gasteiger partial charge in [-0.25, -0.2) is 0 Å². The van der Waals surface area contributed by atoms with E-state index in [1.165, 1.54) is 0 Å². The number of hydrogen-bond acceptors (Lipinski definition) is 1. The molecule has 1 nitrogen and oxygen atoms in total. The monoisotopic (exact) mass is 176 g/mol. The summed E-state index contributed by atoms with van der Waals surface area (Å²) in [4.78, 5) is 11.2. The van der Waals surface area contributed by atoms with E-state index in [1.807, 2.05) is 20.8 Å². The molecule has 0 bridgehead atoms. The highest BCUT2D eigenvalue weighted by atomic mass is 16.1. The Bertz CT molecular complexity index is 261. The Hall–Kier alpha value is -1.29. The van der Waals surface area contributed by atoms with Gasteiger partial charge in [-0.1, -0.05) is 31.9 Å². The highest BCUT2D eigenvalue weighted by Gasteiger charge is 1.99. The van der Waals surface area contributed by atoms with Crippen LogP contribution >= 0.6 is 0 Å². The van der Waals surface area contributed by atoms with Gasteiger partial charge in [0, 0.05) is 6.42 Å². The summed E-state index contributed by atoms with van der Waals surface area (Å²) < 4.78 is 0. The minimum Gasteiger partial charge on any atom is -0.295 e. The first-order chi connectivity index (χ1) is 6.06. The van der Waals surface area contributed by atoms with Crippen LogP contribution in [-0.4, -0.2) is 5.78 Å². The summed E-state index contributed by atoms with van der Waals surface area (Å²) in [5, 5.41) is 0. The van der Waals surface area contributed by atoms with Gasteiger partial charge in [-0.15, -0.1) is 6.42 Å². The van der Waals surface area contributed by atoms with Gasteiger partial charge in [-0.3, -0.25) is 4.79 Å². The lowest BCUT2D eigenvalue weighted by molar-refractivity contribution is -0.115. The molecule has 0 rings (SSSR count).